The van der Waals surface area contributed by atoms with Crippen molar-refractivity contribution in [2.75, 3.05) is 11.1 Å². The van der Waals surface area contributed by atoms with Crippen LogP contribution in [0.2, 0.25) is 0 Å². The molecule has 26 heavy (non-hydrogen) atoms. The van der Waals surface area contributed by atoms with Gasteiger partial charge in [-0.05, 0) is 67.7 Å². The zero-order valence-electron chi connectivity index (χ0n) is 16.5. The normalized spacial score (nSPS) is 16.0. The van der Waals surface area contributed by atoms with Crippen molar-refractivity contribution in [1.29, 1.82) is 5.26 Å². The molecular formula is C23H34N2S. The Morgan fingerprint density at radius 1 is 1.08 bits per heavy atom. The molecular weight excluding hydrogens is 336 g/mol. The van der Waals surface area contributed by atoms with Crippen molar-refractivity contribution >= 4 is 17.4 Å². The highest BCUT2D eigenvalue weighted by Gasteiger charge is 2.17. The van der Waals surface area contributed by atoms with Crippen molar-refractivity contribution in [3.8, 4) is 6.07 Å². The number of hydrogen-bond acceptors (Lipinski definition) is 3. The van der Waals surface area contributed by atoms with E-state index in [1.54, 1.807) is 4.91 Å². The van der Waals surface area contributed by atoms with Gasteiger partial charge in [0.2, 0.25) is 0 Å². The molecule has 0 spiro atoms. The molecule has 0 radical (unpaired) electrons. The lowest BCUT2D eigenvalue weighted by Gasteiger charge is -2.20. The number of nitriles is 1. The van der Waals surface area contributed by atoms with Crippen LogP contribution >= 0.6 is 11.8 Å². The summed E-state index contributed by atoms with van der Waals surface area (Å²) in [6, 6.07) is 10.4. The van der Waals surface area contributed by atoms with Crippen molar-refractivity contribution in [3.05, 3.63) is 40.8 Å². The molecule has 2 nitrogen and oxygen atoms in total. The molecule has 2 rings (SSSR count). The third kappa shape index (κ3) is 7.46. The average molecular weight is 371 g/mol. The number of nitrogens with one attached hydrogen (secondary N) is 1. The Bertz CT molecular complexity index is 585. The Hall–Kier alpha value is -1.40. The zero-order valence-corrected chi connectivity index (χ0v) is 17.3. The molecule has 142 valence electrons. The quantitative estimate of drug-likeness (QED) is 0.397. The van der Waals surface area contributed by atoms with Crippen molar-refractivity contribution in [2.24, 2.45) is 5.92 Å². The molecule has 0 aromatic heterocycles. The highest BCUT2D eigenvalue weighted by atomic mass is 32.2. The van der Waals surface area contributed by atoms with Gasteiger partial charge in [-0.2, -0.15) is 5.26 Å². The van der Waals surface area contributed by atoms with E-state index >= 15 is 0 Å². The predicted octanol–water partition coefficient (Wildman–Crippen LogP) is 7.14. The minimum Gasteiger partial charge on any atom is -0.383 e. The number of benzene rings is 1. The molecule has 0 amide bonds. The van der Waals surface area contributed by atoms with Crippen LogP contribution in [0.25, 0.3) is 0 Å². The second-order valence-electron chi connectivity index (χ2n) is 7.46. The number of thioether (sulfide) groups is 1. The van der Waals surface area contributed by atoms with E-state index in [9.17, 15) is 0 Å². The summed E-state index contributed by atoms with van der Waals surface area (Å²) in [4.78, 5) is 1.68. The second-order valence-corrected chi connectivity index (χ2v) is 8.62. The maximum absolute atomic E-state index is 8.88. The number of rotatable bonds is 12. The van der Waals surface area contributed by atoms with Gasteiger partial charge in [0.05, 0.1) is 11.6 Å². The van der Waals surface area contributed by atoms with E-state index in [0.29, 0.717) is 6.04 Å². The lowest BCUT2D eigenvalue weighted by molar-refractivity contribution is 0.466. The van der Waals surface area contributed by atoms with E-state index in [-0.39, 0.29) is 0 Å². The van der Waals surface area contributed by atoms with Crippen LogP contribution in [-0.2, 0) is 0 Å². The largest absolute Gasteiger partial charge is 0.383 e. The van der Waals surface area contributed by atoms with E-state index in [0.717, 1.165) is 17.2 Å². The molecule has 0 fully saturated rings. The van der Waals surface area contributed by atoms with Gasteiger partial charge in [0.15, 0.2) is 0 Å². The van der Waals surface area contributed by atoms with Gasteiger partial charge >= 0.3 is 0 Å². The van der Waals surface area contributed by atoms with Gasteiger partial charge in [0, 0.05) is 17.5 Å². The average Bonchev–Trinajstić information content (AvgIpc) is 3.19. The smallest absolute Gasteiger partial charge is 0.0991 e. The molecule has 2 atom stereocenters. The lowest BCUT2D eigenvalue weighted by Crippen LogP contribution is -2.15. The van der Waals surface area contributed by atoms with Crippen LogP contribution in [0.4, 0.5) is 5.69 Å². The topological polar surface area (TPSA) is 35.8 Å². The van der Waals surface area contributed by atoms with Crippen LogP contribution < -0.4 is 5.32 Å². The zero-order chi connectivity index (χ0) is 18.6. The van der Waals surface area contributed by atoms with Crippen molar-refractivity contribution < 1.29 is 0 Å². The van der Waals surface area contributed by atoms with Crippen molar-refractivity contribution in [1.82, 2.24) is 0 Å². The first-order chi connectivity index (χ1) is 12.7. The van der Waals surface area contributed by atoms with E-state index in [1.807, 2.05) is 24.3 Å². The summed E-state index contributed by atoms with van der Waals surface area (Å²) in [6.45, 7) is 4.55. The van der Waals surface area contributed by atoms with E-state index < -0.39 is 0 Å². The van der Waals surface area contributed by atoms with E-state index in [2.05, 4.69) is 43.1 Å². The Morgan fingerprint density at radius 2 is 1.85 bits per heavy atom. The predicted molar refractivity (Wildman–Crippen MR) is 115 cm³/mol. The standard InChI is InChI=1S/C23H34N2S/c1-3-4-5-6-10-21(23-12-8-17-26-23)11-7-9-19(2)25-22-15-13-20(18-24)14-16-22/h12-16,19,21,25H,3-11,17H2,1-2H3. The van der Waals surface area contributed by atoms with Gasteiger partial charge in [0.25, 0.3) is 0 Å². The van der Waals surface area contributed by atoms with Crippen LogP contribution in [0.3, 0.4) is 0 Å². The molecule has 1 aromatic rings. The Kier molecular flexibility index (Phi) is 9.71. The van der Waals surface area contributed by atoms with Crippen molar-refractivity contribution in [2.45, 2.75) is 77.7 Å². The number of nitrogens with zero attached hydrogens (tertiary/aromatic N) is 1. The van der Waals surface area contributed by atoms with Crippen LogP contribution in [0.1, 0.15) is 77.2 Å². The van der Waals surface area contributed by atoms with Gasteiger partial charge < -0.3 is 5.32 Å². The minimum absolute atomic E-state index is 0.467. The molecule has 0 aliphatic carbocycles. The molecule has 1 heterocycles. The summed E-state index contributed by atoms with van der Waals surface area (Å²) in [6.07, 6.45) is 14.4. The summed E-state index contributed by atoms with van der Waals surface area (Å²) in [5, 5.41) is 12.5. The summed E-state index contributed by atoms with van der Waals surface area (Å²) < 4.78 is 0. The number of anilines is 1. The highest BCUT2D eigenvalue weighted by Crippen LogP contribution is 2.37. The summed E-state index contributed by atoms with van der Waals surface area (Å²) in [5.74, 6) is 2.08. The first kappa shape index (κ1) is 20.9. The Labute approximate surface area is 164 Å². The third-order valence-corrected chi connectivity index (χ3v) is 6.43. The first-order valence-electron chi connectivity index (χ1n) is 10.3. The molecule has 3 heteroatoms. The molecule has 0 saturated heterocycles. The molecule has 1 aromatic carbocycles. The van der Waals surface area contributed by atoms with Crippen molar-refractivity contribution in [3.63, 3.8) is 0 Å². The second kappa shape index (κ2) is 12.1. The molecule has 1 aliphatic rings. The van der Waals surface area contributed by atoms with Crippen LogP contribution in [0.15, 0.2) is 35.2 Å². The lowest BCUT2D eigenvalue weighted by atomic mass is 9.93. The Morgan fingerprint density at radius 3 is 2.50 bits per heavy atom. The first-order valence-corrected chi connectivity index (χ1v) is 11.3. The minimum atomic E-state index is 0.467. The monoisotopic (exact) mass is 370 g/mol. The summed E-state index contributed by atoms with van der Waals surface area (Å²) >= 11 is 2.10. The molecule has 0 saturated carbocycles. The summed E-state index contributed by atoms with van der Waals surface area (Å²) in [5.41, 5.74) is 1.83. The fourth-order valence-corrected chi connectivity index (χ4v) is 4.81. The van der Waals surface area contributed by atoms with Gasteiger partial charge in [-0.1, -0.05) is 45.1 Å². The Balaban J connectivity index is 1.73. The molecule has 1 N–H and O–H groups in total. The molecule has 0 bridgehead atoms. The number of unbranched alkanes of at least 4 members (excludes halogenated alkanes) is 3. The number of hydrogen-bond donors (Lipinski definition) is 1. The third-order valence-electron chi connectivity index (χ3n) is 5.16. The highest BCUT2D eigenvalue weighted by molar-refractivity contribution is 8.03. The maximum Gasteiger partial charge on any atom is 0.0991 e. The van der Waals surface area contributed by atoms with Gasteiger partial charge in [-0.3, -0.25) is 0 Å². The SMILES string of the molecule is CCCCCCC(CCCC(C)Nc1ccc(C#N)cc1)C1=CCCS1. The van der Waals surface area contributed by atoms with E-state index in [1.165, 1.54) is 63.5 Å². The summed E-state index contributed by atoms with van der Waals surface area (Å²) in [7, 11) is 0. The molecule has 1 aliphatic heterocycles. The number of allylic oxidation sites excluding steroid dienone is 2. The van der Waals surface area contributed by atoms with Gasteiger partial charge in [0.1, 0.15) is 0 Å². The van der Waals surface area contributed by atoms with Crippen LogP contribution in [0, 0.1) is 17.2 Å². The van der Waals surface area contributed by atoms with Gasteiger partial charge in [-0.15, -0.1) is 11.8 Å². The van der Waals surface area contributed by atoms with Crippen LogP contribution in [-0.4, -0.2) is 11.8 Å². The maximum atomic E-state index is 8.88. The fourth-order valence-electron chi connectivity index (χ4n) is 3.64. The van der Waals surface area contributed by atoms with E-state index in [4.69, 9.17) is 5.26 Å². The molecule has 2 unspecified atom stereocenters. The fraction of sp³-hybridized carbons (Fsp3) is 0.609. The van der Waals surface area contributed by atoms with Gasteiger partial charge in [-0.25, -0.2) is 0 Å². The van der Waals surface area contributed by atoms with Crippen LogP contribution in [0.5, 0.6) is 0 Å².